The molecule has 1 N–H and O–H groups in total. The lowest BCUT2D eigenvalue weighted by Gasteiger charge is -2.09. The molecule has 1 aromatic heterocycles. The second-order valence-electron chi connectivity index (χ2n) is 3.94. The maximum atomic E-state index is 12.0. The van der Waals surface area contributed by atoms with Crippen LogP contribution in [0.4, 0.5) is 5.69 Å². The van der Waals surface area contributed by atoms with Crippen LogP contribution < -0.4 is 5.32 Å². The summed E-state index contributed by atoms with van der Waals surface area (Å²) in [4.78, 5) is 16.0. The number of amides is 1. The van der Waals surface area contributed by atoms with E-state index < -0.39 is 0 Å². The molecule has 0 aliphatic heterocycles. The summed E-state index contributed by atoms with van der Waals surface area (Å²) in [6, 6.07) is 10.1. The number of halogens is 1. The molecular formula is C14H10ClN3O. The number of benzene rings is 1. The third-order valence-electron chi connectivity index (χ3n) is 2.63. The molecule has 1 amide bonds. The zero-order chi connectivity index (χ0) is 13.8. The monoisotopic (exact) mass is 271 g/mol. The summed E-state index contributed by atoms with van der Waals surface area (Å²) >= 11 is 5.94. The summed E-state index contributed by atoms with van der Waals surface area (Å²) in [6.45, 7) is 1.84. The van der Waals surface area contributed by atoms with Gasteiger partial charge in [-0.1, -0.05) is 11.6 Å². The Balaban J connectivity index is 2.23. The van der Waals surface area contributed by atoms with E-state index in [0.717, 1.165) is 5.56 Å². The van der Waals surface area contributed by atoms with Crippen LogP contribution in [-0.2, 0) is 0 Å². The molecule has 0 atom stereocenters. The number of pyridine rings is 1. The lowest BCUT2D eigenvalue weighted by atomic mass is 10.1. The third kappa shape index (κ3) is 2.90. The standard InChI is InChI=1S/C14H10ClN3O/c1-9-6-7-17-13(15)12(9)18-14(19)11-4-2-10(8-16)3-5-11/h2-7H,1H3,(H,18,19). The zero-order valence-electron chi connectivity index (χ0n) is 10.1. The highest BCUT2D eigenvalue weighted by atomic mass is 35.5. The molecule has 1 heterocycles. The third-order valence-corrected chi connectivity index (χ3v) is 2.91. The number of nitriles is 1. The maximum Gasteiger partial charge on any atom is 0.255 e. The SMILES string of the molecule is Cc1ccnc(Cl)c1NC(=O)c1ccc(C#N)cc1. The van der Waals surface area contributed by atoms with E-state index in [9.17, 15) is 4.79 Å². The van der Waals surface area contributed by atoms with Gasteiger partial charge in [-0.25, -0.2) is 4.98 Å². The number of rotatable bonds is 2. The summed E-state index contributed by atoms with van der Waals surface area (Å²) in [6.07, 6.45) is 1.58. The van der Waals surface area contributed by atoms with Crippen molar-refractivity contribution in [2.75, 3.05) is 5.32 Å². The number of nitrogens with zero attached hydrogens (tertiary/aromatic N) is 2. The average Bonchev–Trinajstić information content (AvgIpc) is 2.43. The number of anilines is 1. The highest BCUT2D eigenvalue weighted by molar-refractivity contribution is 6.32. The fourth-order valence-electron chi connectivity index (χ4n) is 1.56. The average molecular weight is 272 g/mol. The summed E-state index contributed by atoms with van der Waals surface area (Å²) in [5.41, 5.74) is 2.30. The second-order valence-corrected chi connectivity index (χ2v) is 4.29. The van der Waals surface area contributed by atoms with E-state index in [0.29, 0.717) is 16.8 Å². The molecule has 4 nitrogen and oxygen atoms in total. The van der Waals surface area contributed by atoms with Crippen molar-refractivity contribution in [1.29, 1.82) is 5.26 Å². The van der Waals surface area contributed by atoms with Crippen LogP contribution in [0, 0.1) is 18.3 Å². The molecule has 0 saturated carbocycles. The molecule has 19 heavy (non-hydrogen) atoms. The first-order valence-corrected chi connectivity index (χ1v) is 5.92. The van der Waals surface area contributed by atoms with Crippen LogP contribution in [0.5, 0.6) is 0 Å². The van der Waals surface area contributed by atoms with Gasteiger partial charge in [0.05, 0.1) is 17.3 Å². The minimum atomic E-state index is -0.289. The summed E-state index contributed by atoms with van der Waals surface area (Å²) in [7, 11) is 0. The fraction of sp³-hybridized carbons (Fsp3) is 0.0714. The van der Waals surface area contributed by atoms with Crippen molar-refractivity contribution in [3.63, 3.8) is 0 Å². The van der Waals surface area contributed by atoms with Crippen molar-refractivity contribution in [3.05, 3.63) is 58.4 Å². The van der Waals surface area contributed by atoms with Gasteiger partial charge in [0, 0.05) is 11.8 Å². The first-order chi connectivity index (χ1) is 9.11. The lowest BCUT2D eigenvalue weighted by Crippen LogP contribution is -2.13. The number of aromatic nitrogens is 1. The van der Waals surface area contributed by atoms with Crippen LogP contribution in [0.25, 0.3) is 0 Å². The Bertz CT molecular complexity index is 639. The topological polar surface area (TPSA) is 65.8 Å². The van der Waals surface area contributed by atoms with Gasteiger partial charge in [0.2, 0.25) is 0 Å². The normalized spacial score (nSPS) is 9.74. The van der Waals surface area contributed by atoms with Crippen LogP contribution in [0.3, 0.4) is 0 Å². The Kier molecular flexibility index (Phi) is 3.79. The predicted octanol–water partition coefficient (Wildman–Crippen LogP) is 3.17. The van der Waals surface area contributed by atoms with E-state index in [1.165, 1.54) is 0 Å². The predicted molar refractivity (Wildman–Crippen MR) is 73.1 cm³/mol. The van der Waals surface area contributed by atoms with Gasteiger partial charge in [0.15, 0.2) is 5.15 Å². The van der Waals surface area contributed by atoms with Gasteiger partial charge >= 0.3 is 0 Å². The van der Waals surface area contributed by atoms with Crippen LogP contribution in [-0.4, -0.2) is 10.9 Å². The molecule has 0 unspecified atom stereocenters. The van der Waals surface area contributed by atoms with Gasteiger partial charge in [0.25, 0.3) is 5.91 Å². The zero-order valence-corrected chi connectivity index (χ0v) is 10.9. The van der Waals surface area contributed by atoms with Crippen molar-refractivity contribution in [2.24, 2.45) is 0 Å². The van der Waals surface area contributed by atoms with Crippen LogP contribution in [0.1, 0.15) is 21.5 Å². The molecule has 0 aliphatic rings. The Morgan fingerprint density at radius 1 is 1.32 bits per heavy atom. The summed E-state index contributed by atoms with van der Waals surface area (Å²) in [5, 5.41) is 11.7. The Morgan fingerprint density at radius 2 is 2.00 bits per heavy atom. The molecule has 1 aromatic carbocycles. The number of carbonyl (C=O) groups excluding carboxylic acids is 1. The van der Waals surface area contributed by atoms with Gasteiger partial charge in [0.1, 0.15) is 0 Å². The lowest BCUT2D eigenvalue weighted by molar-refractivity contribution is 0.102. The minimum Gasteiger partial charge on any atom is -0.319 e. The molecule has 94 valence electrons. The summed E-state index contributed by atoms with van der Waals surface area (Å²) in [5.74, 6) is -0.289. The molecular weight excluding hydrogens is 262 g/mol. The number of carbonyl (C=O) groups is 1. The molecule has 2 rings (SSSR count). The van der Waals surface area contributed by atoms with E-state index in [2.05, 4.69) is 10.3 Å². The van der Waals surface area contributed by atoms with Crippen LogP contribution >= 0.6 is 11.6 Å². The molecule has 5 heteroatoms. The second kappa shape index (κ2) is 5.51. The molecule has 0 radical (unpaired) electrons. The Labute approximate surface area is 115 Å². The molecule has 0 saturated heterocycles. The molecule has 0 bridgehead atoms. The van der Waals surface area contributed by atoms with Gasteiger partial charge in [-0.05, 0) is 42.8 Å². The van der Waals surface area contributed by atoms with Gasteiger partial charge in [-0.3, -0.25) is 4.79 Å². The van der Waals surface area contributed by atoms with E-state index >= 15 is 0 Å². The largest absolute Gasteiger partial charge is 0.319 e. The van der Waals surface area contributed by atoms with Gasteiger partial charge in [-0.2, -0.15) is 5.26 Å². The Morgan fingerprint density at radius 3 is 2.58 bits per heavy atom. The van der Waals surface area contributed by atoms with Crippen molar-refractivity contribution >= 4 is 23.2 Å². The van der Waals surface area contributed by atoms with Crippen molar-refractivity contribution < 1.29 is 4.79 Å². The van der Waals surface area contributed by atoms with Crippen LogP contribution in [0.2, 0.25) is 5.15 Å². The number of nitrogens with one attached hydrogen (secondary N) is 1. The van der Waals surface area contributed by atoms with Crippen LogP contribution in [0.15, 0.2) is 36.5 Å². The van der Waals surface area contributed by atoms with Gasteiger partial charge in [-0.15, -0.1) is 0 Å². The van der Waals surface area contributed by atoms with E-state index in [-0.39, 0.29) is 11.1 Å². The number of aryl methyl sites for hydroxylation is 1. The summed E-state index contributed by atoms with van der Waals surface area (Å²) < 4.78 is 0. The highest BCUT2D eigenvalue weighted by Gasteiger charge is 2.11. The van der Waals surface area contributed by atoms with E-state index in [1.807, 2.05) is 13.0 Å². The minimum absolute atomic E-state index is 0.252. The Hall–Kier alpha value is -2.38. The fourth-order valence-corrected chi connectivity index (χ4v) is 1.81. The highest BCUT2D eigenvalue weighted by Crippen LogP contribution is 2.23. The maximum absolute atomic E-state index is 12.0. The van der Waals surface area contributed by atoms with Crippen molar-refractivity contribution in [3.8, 4) is 6.07 Å². The van der Waals surface area contributed by atoms with Gasteiger partial charge < -0.3 is 5.32 Å². The quantitative estimate of drug-likeness (QED) is 0.853. The van der Waals surface area contributed by atoms with Crippen molar-refractivity contribution in [1.82, 2.24) is 4.98 Å². The molecule has 0 aliphatic carbocycles. The van der Waals surface area contributed by atoms with E-state index in [4.69, 9.17) is 16.9 Å². The first-order valence-electron chi connectivity index (χ1n) is 5.54. The van der Waals surface area contributed by atoms with Crippen molar-refractivity contribution in [2.45, 2.75) is 6.92 Å². The molecule has 0 spiro atoms. The first kappa shape index (κ1) is 13.1. The molecule has 0 fully saturated rings. The van der Waals surface area contributed by atoms with E-state index in [1.54, 1.807) is 36.5 Å². The smallest absolute Gasteiger partial charge is 0.255 e. The number of hydrogen-bond donors (Lipinski definition) is 1. The number of hydrogen-bond acceptors (Lipinski definition) is 3. The molecule has 2 aromatic rings.